The molecule has 8 heteroatoms. The lowest BCUT2D eigenvalue weighted by Gasteiger charge is -2.18. The Morgan fingerprint density at radius 3 is 2.75 bits per heavy atom. The molecule has 2 aromatic rings. The predicted octanol–water partition coefficient (Wildman–Crippen LogP) is 0.691. The maximum atomic E-state index is 12.5. The van der Waals surface area contributed by atoms with Crippen molar-refractivity contribution in [3.8, 4) is 0 Å². The van der Waals surface area contributed by atoms with Crippen molar-refractivity contribution in [1.29, 1.82) is 0 Å². The molecule has 126 valence electrons. The Balaban J connectivity index is 2.08. The largest absolute Gasteiger partial charge is 0.451 e. The molecule has 8 nitrogen and oxygen atoms in total. The van der Waals surface area contributed by atoms with Crippen molar-refractivity contribution >= 4 is 11.9 Å². The van der Waals surface area contributed by atoms with E-state index in [4.69, 9.17) is 4.74 Å². The van der Waals surface area contributed by atoms with E-state index in [2.05, 4.69) is 27.4 Å². The minimum absolute atomic E-state index is 0.307. The zero-order chi connectivity index (χ0) is 17.4. The molecule has 1 N–H and O–H groups in total. The van der Waals surface area contributed by atoms with E-state index in [1.165, 1.54) is 17.9 Å². The Labute approximate surface area is 139 Å². The van der Waals surface area contributed by atoms with E-state index in [0.717, 1.165) is 5.56 Å². The van der Waals surface area contributed by atoms with Gasteiger partial charge in [0.05, 0.1) is 0 Å². The normalized spacial score (nSPS) is 12.9. The van der Waals surface area contributed by atoms with E-state index >= 15 is 0 Å². The third-order valence-electron chi connectivity index (χ3n) is 3.31. The Kier molecular flexibility index (Phi) is 6.18. The van der Waals surface area contributed by atoms with Gasteiger partial charge in [0.2, 0.25) is 0 Å². The van der Waals surface area contributed by atoms with E-state index < -0.39 is 24.0 Å². The number of hydrogen-bond acceptors (Lipinski definition) is 6. The predicted molar refractivity (Wildman–Crippen MR) is 85.8 cm³/mol. The van der Waals surface area contributed by atoms with Crippen LogP contribution in [-0.4, -0.2) is 44.7 Å². The fraction of sp³-hybridized carbons (Fsp3) is 0.312. The lowest BCUT2D eigenvalue weighted by molar-refractivity contribution is -0.158. The van der Waals surface area contributed by atoms with Crippen LogP contribution in [0.5, 0.6) is 0 Å². The van der Waals surface area contributed by atoms with Crippen molar-refractivity contribution in [2.45, 2.75) is 25.5 Å². The summed E-state index contributed by atoms with van der Waals surface area (Å²) in [5.74, 6) is -0.967. The Morgan fingerprint density at radius 1 is 1.38 bits per heavy atom. The summed E-state index contributed by atoms with van der Waals surface area (Å²) in [7, 11) is 0. The number of carbonyl (C=O) groups excluding carboxylic acids is 2. The Bertz CT molecular complexity index is 672. The van der Waals surface area contributed by atoms with Crippen molar-refractivity contribution in [3.63, 3.8) is 0 Å². The number of rotatable bonds is 8. The Morgan fingerprint density at radius 2 is 2.12 bits per heavy atom. The van der Waals surface area contributed by atoms with Crippen LogP contribution in [0.1, 0.15) is 18.5 Å². The Hall–Kier alpha value is -3.03. The van der Waals surface area contributed by atoms with Gasteiger partial charge in [-0.3, -0.25) is 4.79 Å². The van der Waals surface area contributed by atoms with E-state index in [1.807, 2.05) is 30.3 Å². The van der Waals surface area contributed by atoms with Crippen molar-refractivity contribution < 1.29 is 14.3 Å². The van der Waals surface area contributed by atoms with E-state index in [9.17, 15) is 9.59 Å². The average molecular weight is 329 g/mol. The number of ether oxygens (including phenoxy) is 1. The number of amides is 1. The first kappa shape index (κ1) is 17.3. The van der Waals surface area contributed by atoms with Crippen LogP contribution in [0.2, 0.25) is 0 Å². The number of esters is 1. The number of aromatic nitrogens is 4. The van der Waals surface area contributed by atoms with E-state index in [-0.39, 0.29) is 0 Å². The number of benzene rings is 1. The maximum Gasteiger partial charge on any atom is 0.332 e. The first-order valence-corrected chi connectivity index (χ1v) is 7.47. The highest BCUT2D eigenvalue weighted by Crippen LogP contribution is 2.15. The van der Waals surface area contributed by atoms with Gasteiger partial charge in [-0.25, -0.2) is 9.48 Å². The molecule has 0 radical (unpaired) electrons. The molecular formula is C16H19N5O3. The summed E-state index contributed by atoms with van der Waals surface area (Å²) in [6.45, 7) is 5.33. The summed E-state index contributed by atoms with van der Waals surface area (Å²) < 4.78 is 6.59. The molecule has 24 heavy (non-hydrogen) atoms. The molecule has 0 bridgehead atoms. The molecular weight excluding hydrogens is 310 g/mol. The van der Waals surface area contributed by atoms with Crippen LogP contribution >= 0.6 is 0 Å². The number of tetrazole rings is 1. The van der Waals surface area contributed by atoms with Gasteiger partial charge in [-0.05, 0) is 22.9 Å². The van der Waals surface area contributed by atoms with Crippen LogP contribution in [0.25, 0.3) is 0 Å². The molecule has 0 aliphatic carbocycles. The molecule has 0 aliphatic heterocycles. The van der Waals surface area contributed by atoms with Crippen LogP contribution in [0, 0.1) is 0 Å². The highest BCUT2D eigenvalue weighted by Gasteiger charge is 2.27. The topological polar surface area (TPSA) is 99.0 Å². The molecule has 1 aromatic heterocycles. The number of hydrogen-bond donors (Lipinski definition) is 1. The second-order valence-corrected chi connectivity index (χ2v) is 5.11. The van der Waals surface area contributed by atoms with Gasteiger partial charge in [0.1, 0.15) is 6.33 Å². The summed E-state index contributed by atoms with van der Waals surface area (Å²) in [6.07, 6.45) is 2.32. The van der Waals surface area contributed by atoms with Gasteiger partial charge in [0, 0.05) is 13.0 Å². The highest BCUT2D eigenvalue weighted by atomic mass is 16.5. The summed E-state index contributed by atoms with van der Waals surface area (Å²) in [5.41, 5.74) is 0.929. The van der Waals surface area contributed by atoms with E-state index in [1.54, 1.807) is 6.08 Å². The zero-order valence-electron chi connectivity index (χ0n) is 13.3. The van der Waals surface area contributed by atoms with Crippen LogP contribution in [-0.2, 0) is 20.7 Å². The van der Waals surface area contributed by atoms with Crippen molar-refractivity contribution in [2.24, 2.45) is 0 Å². The first-order chi connectivity index (χ1) is 11.6. The third-order valence-corrected chi connectivity index (χ3v) is 3.31. The number of carbonyl (C=O) groups is 2. The third kappa shape index (κ3) is 4.73. The van der Waals surface area contributed by atoms with Gasteiger partial charge < -0.3 is 10.1 Å². The van der Waals surface area contributed by atoms with Crippen molar-refractivity contribution in [3.05, 3.63) is 54.9 Å². The SMILES string of the molecule is C=CCNC(=O)[C@H](C)OC(=O)[C@H](Cc1ccccc1)n1cnnn1. The molecule has 0 aliphatic rings. The minimum atomic E-state index is -0.924. The van der Waals surface area contributed by atoms with Crippen molar-refractivity contribution in [2.75, 3.05) is 6.54 Å². The number of nitrogens with one attached hydrogen (secondary N) is 1. The molecule has 2 rings (SSSR count). The second-order valence-electron chi connectivity index (χ2n) is 5.11. The fourth-order valence-corrected chi connectivity index (χ4v) is 2.06. The molecule has 1 heterocycles. The molecule has 0 saturated carbocycles. The molecule has 0 spiro atoms. The van der Waals surface area contributed by atoms with Crippen LogP contribution in [0.15, 0.2) is 49.3 Å². The fourth-order valence-electron chi connectivity index (χ4n) is 2.06. The summed E-state index contributed by atoms with van der Waals surface area (Å²) in [5, 5.41) is 13.5. The number of nitrogens with zero attached hydrogens (tertiary/aromatic N) is 4. The summed E-state index contributed by atoms with van der Waals surface area (Å²) in [6, 6.07) is 8.68. The van der Waals surface area contributed by atoms with Crippen LogP contribution in [0.3, 0.4) is 0 Å². The molecule has 1 aromatic carbocycles. The first-order valence-electron chi connectivity index (χ1n) is 7.47. The smallest absolute Gasteiger partial charge is 0.332 e. The van der Waals surface area contributed by atoms with Gasteiger partial charge >= 0.3 is 5.97 Å². The second kappa shape index (κ2) is 8.56. The van der Waals surface area contributed by atoms with Crippen LogP contribution < -0.4 is 5.32 Å². The molecule has 1 amide bonds. The molecule has 0 saturated heterocycles. The highest BCUT2D eigenvalue weighted by molar-refractivity contribution is 5.84. The lowest BCUT2D eigenvalue weighted by atomic mass is 10.1. The van der Waals surface area contributed by atoms with Gasteiger partial charge in [-0.1, -0.05) is 36.4 Å². The van der Waals surface area contributed by atoms with Gasteiger partial charge in [-0.2, -0.15) is 0 Å². The zero-order valence-corrected chi connectivity index (χ0v) is 13.3. The minimum Gasteiger partial charge on any atom is -0.451 e. The van der Waals surface area contributed by atoms with Gasteiger partial charge in [0.15, 0.2) is 12.1 Å². The van der Waals surface area contributed by atoms with Crippen LogP contribution in [0.4, 0.5) is 0 Å². The molecule has 0 fully saturated rings. The van der Waals surface area contributed by atoms with E-state index in [0.29, 0.717) is 13.0 Å². The maximum absolute atomic E-state index is 12.5. The quantitative estimate of drug-likeness (QED) is 0.565. The molecule has 2 atom stereocenters. The van der Waals surface area contributed by atoms with Crippen molar-refractivity contribution in [1.82, 2.24) is 25.5 Å². The van der Waals surface area contributed by atoms with Gasteiger partial charge in [-0.15, -0.1) is 11.7 Å². The van der Waals surface area contributed by atoms with Gasteiger partial charge in [0.25, 0.3) is 5.91 Å². The standard InChI is InChI=1S/C16H19N5O3/c1-3-9-17-15(22)12(2)24-16(23)14(21-11-18-19-20-21)10-13-7-5-4-6-8-13/h3-8,11-12,14H,1,9-10H2,2H3,(H,17,22)/t12-,14-/m0/s1. The average Bonchev–Trinajstić information content (AvgIpc) is 3.12. The summed E-state index contributed by atoms with van der Waals surface area (Å²) in [4.78, 5) is 24.3. The summed E-state index contributed by atoms with van der Waals surface area (Å²) >= 11 is 0. The molecule has 0 unspecified atom stereocenters. The lowest BCUT2D eigenvalue weighted by Crippen LogP contribution is -2.38. The monoisotopic (exact) mass is 329 g/mol.